The summed E-state index contributed by atoms with van der Waals surface area (Å²) in [5, 5.41) is 2.03. The summed E-state index contributed by atoms with van der Waals surface area (Å²) in [5.41, 5.74) is 5.37. The second kappa shape index (κ2) is 4.38. The Morgan fingerprint density at radius 2 is 2.54 bits per heavy atom. The van der Waals surface area contributed by atoms with Gasteiger partial charge in [0.05, 0.1) is 6.42 Å². The molecule has 0 aliphatic rings. The molecule has 0 saturated heterocycles. The lowest BCUT2D eigenvalue weighted by molar-refractivity contribution is -0.117. The molecule has 5 heteroatoms. The van der Waals surface area contributed by atoms with Gasteiger partial charge in [-0.15, -0.1) is 11.3 Å². The largest absolute Gasteiger partial charge is 0.369 e. The normalized spacial score (nSPS) is 8.62. The van der Waals surface area contributed by atoms with Gasteiger partial charge >= 0.3 is 0 Å². The minimum Gasteiger partial charge on any atom is -0.369 e. The number of hydrogen-bond acceptors (Lipinski definition) is 4. The summed E-state index contributed by atoms with van der Waals surface area (Å²) in [6, 6.07) is 0. The third-order valence-electron chi connectivity index (χ3n) is 1.10. The van der Waals surface area contributed by atoms with E-state index in [1.165, 1.54) is 11.3 Å². The molecule has 4 nitrogen and oxygen atoms in total. The Labute approximate surface area is 78.8 Å². The average Bonchev–Trinajstić information content (AvgIpc) is 2.52. The molecule has 0 radical (unpaired) electrons. The van der Waals surface area contributed by atoms with Crippen molar-refractivity contribution in [3.05, 3.63) is 16.1 Å². The highest BCUT2D eigenvalue weighted by molar-refractivity contribution is 7.11. The number of rotatable bonds is 2. The average molecular weight is 194 g/mol. The third-order valence-corrected chi connectivity index (χ3v) is 1.87. The van der Waals surface area contributed by atoms with Crippen molar-refractivity contribution in [2.75, 3.05) is 0 Å². The van der Waals surface area contributed by atoms with E-state index in [0.717, 1.165) is 0 Å². The van der Waals surface area contributed by atoms with Crippen molar-refractivity contribution in [2.45, 2.75) is 6.42 Å². The zero-order valence-electron chi connectivity index (χ0n) is 6.61. The third kappa shape index (κ3) is 3.05. The fourth-order valence-electron chi connectivity index (χ4n) is 0.621. The highest BCUT2D eigenvalue weighted by atomic mass is 32.1. The Bertz CT molecular complexity index is 386. The SMILES string of the molecule is NC(=O)CC#Cc1csc(C=O)n1. The first-order valence-corrected chi connectivity index (χ1v) is 4.28. The second-order valence-corrected chi connectivity index (χ2v) is 3.02. The Balaban J connectivity index is 2.66. The number of carbonyl (C=O) groups excluding carboxylic acids is 2. The molecule has 1 aromatic rings. The molecular formula is C8H6N2O2S. The molecule has 1 amide bonds. The smallest absolute Gasteiger partial charge is 0.229 e. The van der Waals surface area contributed by atoms with Gasteiger partial charge in [-0.25, -0.2) is 4.98 Å². The maximum atomic E-state index is 10.3. The number of aromatic nitrogens is 1. The number of aldehydes is 1. The zero-order chi connectivity index (χ0) is 9.68. The molecule has 0 aromatic carbocycles. The molecule has 1 rings (SSSR count). The van der Waals surface area contributed by atoms with E-state index in [2.05, 4.69) is 16.8 Å². The summed E-state index contributed by atoms with van der Waals surface area (Å²) in [6.45, 7) is 0. The number of hydrogen-bond donors (Lipinski definition) is 1. The number of carbonyl (C=O) groups is 2. The van der Waals surface area contributed by atoms with Crippen LogP contribution in [0.2, 0.25) is 0 Å². The van der Waals surface area contributed by atoms with Gasteiger partial charge < -0.3 is 5.73 Å². The molecule has 0 bridgehead atoms. The number of nitrogens with two attached hydrogens (primary N) is 1. The molecule has 0 aliphatic carbocycles. The van der Waals surface area contributed by atoms with E-state index in [-0.39, 0.29) is 6.42 Å². The van der Waals surface area contributed by atoms with Crippen molar-refractivity contribution in [1.29, 1.82) is 0 Å². The van der Waals surface area contributed by atoms with Gasteiger partial charge in [-0.05, 0) is 5.92 Å². The quantitative estimate of drug-likeness (QED) is 0.539. The van der Waals surface area contributed by atoms with Gasteiger partial charge in [-0.2, -0.15) is 0 Å². The van der Waals surface area contributed by atoms with Crippen LogP contribution in [0, 0.1) is 11.8 Å². The van der Waals surface area contributed by atoms with Gasteiger partial charge in [-0.3, -0.25) is 9.59 Å². The van der Waals surface area contributed by atoms with Gasteiger partial charge in [-0.1, -0.05) is 5.92 Å². The first-order valence-electron chi connectivity index (χ1n) is 3.40. The Morgan fingerprint density at radius 3 is 3.08 bits per heavy atom. The molecule has 2 N–H and O–H groups in total. The maximum absolute atomic E-state index is 10.3. The standard InChI is InChI=1S/C8H6N2O2S/c9-7(12)3-1-2-6-5-13-8(4-11)10-6/h4-5H,3H2,(H2,9,12). The lowest BCUT2D eigenvalue weighted by Gasteiger charge is -1.78. The summed E-state index contributed by atoms with van der Waals surface area (Å²) >= 11 is 1.21. The highest BCUT2D eigenvalue weighted by Crippen LogP contribution is 2.05. The predicted octanol–water partition coefficient (Wildman–Crippen LogP) is 0.182. The molecule has 0 atom stereocenters. The first-order chi connectivity index (χ1) is 6.22. The van der Waals surface area contributed by atoms with Crippen LogP contribution in [0.5, 0.6) is 0 Å². The van der Waals surface area contributed by atoms with Crippen LogP contribution in [0.1, 0.15) is 21.9 Å². The second-order valence-electron chi connectivity index (χ2n) is 2.13. The molecule has 1 aromatic heterocycles. The van der Waals surface area contributed by atoms with Crippen LogP contribution < -0.4 is 5.73 Å². The number of thiazole rings is 1. The van der Waals surface area contributed by atoms with E-state index in [9.17, 15) is 9.59 Å². The molecule has 0 unspecified atom stereocenters. The fourth-order valence-corrected chi connectivity index (χ4v) is 1.17. The summed E-state index contributed by atoms with van der Waals surface area (Å²) in [7, 11) is 0. The molecule has 1 heterocycles. The van der Waals surface area contributed by atoms with Gasteiger partial charge in [0.1, 0.15) is 5.69 Å². The maximum Gasteiger partial charge on any atom is 0.229 e. The van der Waals surface area contributed by atoms with Gasteiger partial charge in [0.15, 0.2) is 11.3 Å². The van der Waals surface area contributed by atoms with Crippen LogP contribution in [0.4, 0.5) is 0 Å². The molecule has 0 aliphatic heterocycles. The molecule has 13 heavy (non-hydrogen) atoms. The van der Waals surface area contributed by atoms with Crippen molar-refractivity contribution in [3.63, 3.8) is 0 Å². The fraction of sp³-hybridized carbons (Fsp3) is 0.125. The summed E-state index contributed by atoms with van der Waals surface area (Å²) in [4.78, 5) is 24.4. The minimum atomic E-state index is -0.474. The van der Waals surface area contributed by atoms with E-state index in [1.54, 1.807) is 5.38 Å². The topological polar surface area (TPSA) is 73.1 Å². The van der Waals surface area contributed by atoms with Crippen LogP contribution in [0.15, 0.2) is 5.38 Å². The van der Waals surface area contributed by atoms with E-state index in [4.69, 9.17) is 5.73 Å². The first kappa shape index (κ1) is 9.42. The predicted molar refractivity (Wildman–Crippen MR) is 48.2 cm³/mol. The lowest BCUT2D eigenvalue weighted by Crippen LogP contribution is -2.08. The molecule has 66 valence electrons. The summed E-state index contributed by atoms with van der Waals surface area (Å²) in [6.07, 6.45) is 0.665. The van der Waals surface area contributed by atoms with Crippen molar-refractivity contribution in [3.8, 4) is 11.8 Å². The number of primary amides is 1. The number of amides is 1. The molecule has 0 spiro atoms. The lowest BCUT2D eigenvalue weighted by atomic mass is 10.4. The zero-order valence-corrected chi connectivity index (χ0v) is 7.43. The van der Waals surface area contributed by atoms with E-state index in [0.29, 0.717) is 17.0 Å². The van der Waals surface area contributed by atoms with Crippen LogP contribution in [-0.4, -0.2) is 17.2 Å². The van der Waals surface area contributed by atoms with E-state index < -0.39 is 5.91 Å². The Hall–Kier alpha value is -1.67. The number of nitrogens with zero attached hydrogens (tertiary/aromatic N) is 1. The van der Waals surface area contributed by atoms with E-state index in [1.807, 2.05) is 0 Å². The monoisotopic (exact) mass is 194 g/mol. The molecule has 0 fully saturated rings. The van der Waals surface area contributed by atoms with Crippen LogP contribution in [0.25, 0.3) is 0 Å². The van der Waals surface area contributed by atoms with Crippen LogP contribution >= 0.6 is 11.3 Å². The minimum absolute atomic E-state index is 0.00789. The summed E-state index contributed by atoms with van der Waals surface area (Å²) in [5.74, 6) is 4.69. The van der Waals surface area contributed by atoms with Crippen molar-refractivity contribution in [1.82, 2.24) is 4.98 Å². The van der Waals surface area contributed by atoms with E-state index >= 15 is 0 Å². The van der Waals surface area contributed by atoms with Gasteiger partial charge in [0, 0.05) is 5.38 Å². The highest BCUT2D eigenvalue weighted by Gasteiger charge is 1.96. The Kier molecular flexibility index (Phi) is 3.17. The van der Waals surface area contributed by atoms with Crippen LogP contribution in [-0.2, 0) is 4.79 Å². The van der Waals surface area contributed by atoms with Crippen LogP contribution in [0.3, 0.4) is 0 Å². The van der Waals surface area contributed by atoms with Gasteiger partial charge in [0.2, 0.25) is 5.91 Å². The van der Waals surface area contributed by atoms with Crippen molar-refractivity contribution >= 4 is 23.5 Å². The molecular weight excluding hydrogens is 188 g/mol. The van der Waals surface area contributed by atoms with Gasteiger partial charge in [0.25, 0.3) is 0 Å². The Morgan fingerprint density at radius 1 is 1.77 bits per heavy atom. The van der Waals surface area contributed by atoms with Crippen molar-refractivity contribution in [2.24, 2.45) is 5.73 Å². The summed E-state index contributed by atoms with van der Waals surface area (Å²) < 4.78 is 0. The van der Waals surface area contributed by atoms with Crippen molar-refractivity contribution < 1.29 is 9.59 Å². The molecule has 0 saturated carbocycles.